The van der Waals surface area contributed by atoms with E-state index in [0.717, 1.165) is 45.0 Å². The van der Waals surface area contributed by atoms with Crippen LogP contribution in [0.25, 0.3) is 0 Å². The van der Waals surface area contributed by atoms with Gasteiger partial charge in [0.15, 0.2) is 5.96 Å². The molecule has 29 heavy (non-hydrogen) atoms. The number of guanidine groups is 1. The molecule has 2 fully saturated rings. The molecule has 2 aliphatic heterocycles. The van der Waals surface area contributed by atoms with E-state index in [4.69, 9.17) is 9.47 Å². The van der Waals surface area contributed by atoms with Gasteiger partial charge in [-0.1, -0.05) is 29.8 Å². The van der Waals surface area contributed by atoms with Gasteiger partial charge >= 0.3 is 6.09 Å². The largest absolute Gasteiger partial charge is 0.450 e. The van der Waals surface area contributed by atoms with E-state index < -0.39 is 0 Å². The van der Waals surface area contributed by atoms with Crippen LogP contribution in [-0.4, -0.2) is 74.8 Å². The molecule has 1 aromatic rings. The minimum Gasteiger partial charge on any atom is -0.450 e. The van der Waals surface area contributed by atoms with Gasteiger partial charge in [0.25, 0.3) is 0 Å². The number of carbonyl (C=O) groups is 1. The van der Waals surface area contributed by atoms with Crippen LogP contribution in [0.1, 0.15) is 37.0 Å². The highest BCUT2D eigenvalue weighted by atomic mass is 16.6. The summed E-state index contributed by atoms with van der Waals surface area (Å²) in [7, 11) is 1.81. The Balaban J connectivity index is 1.54. The lowest BCUT2D eigenvalue weighted by atomic mass is 9.89. The van der Waals surface area contributed by atoms with E-state index in [-0.39, 0.29) is 12.2 Å². The first-order valence-electron chi connectivity index (χ1n) is 10.7. The molecule has 1 amide bonds. The number of piperazine rings is 1. The Morgan fingerprint density at radius 3 is 2.55 bits per heavy atom. The van der Waals surface area contributed by atoms with Crippen molar-refractivity contribution in [3.63, 3.8) is 0 Å². The van der Waals surface area contributed by atoms with Crippen LogP contribution in [0.15, 0.2) is 29.3 Å². The second-order valence-electron chi connectivity index (χ2n) is 7.71. The molecule has 7 nitrogen and oxygen atoms in total. The van der Waals surface area contributed by atoms with Crippen LogP contribution in [0.4, 0.5) is 4.79 Å². The summed E-state index contributed by atoms with van der Waals surface area (Å²) >= 11 is 0. The van der Waals surface area contributed by atoms with Crippen LogP contribution in [0, 0.1) is 12.8 Å². The Labute approximate surface area is 174 Å². The Bertz CT molecular complexity index is 684. The maximum atomic E-state index is 11.9. The molecule has 2 unspecified atom stereocenters. The zero-order valence-corrected chi connectivity index (χ0v) is 17.9. The average Bonchev–Trinajstić information content (AvgIpc) is 2.76. The van der Waals surface area contributed by atoms with Crippen LogP contribution >= 0.6 is 0 Å². The van der Waals surface area contributed by atoms with Gasteiger partial charge in [-0.15, -0.1) is 0 Å². The minimum atomic E-state index is -0.226. The maximum Gasteiger partial charge on any atom is 0.409 e. The number of aryl methyl sites for hydroxylation is 1. The van der Waals surface area contributed by atoms with E-state index >= 15 is 0 Å². The molecule has 2 saturated heterocycles. The molecule has 160 valence electrons. The van der Waals surface area contributed by atoms with E-state index in [1.807, 2.05) is 14.0 Å². The zero-order chi connectivity index (χ0) is 20.6. The third-order valence-electron chi connectivity index (χ3n) is 5.69. The highest BCUT2D eigenvalue weighted by Crippen LogP contribution is 2.33. The predicted molar refractivity (Wildman–Crippen MR) is 114 cm³/mol. The normalized spacial score (nSPS) is 23.1. The second-order valence-corrected chi connectivity index (χ2v) is 7.71. The molecule has 2 heterocycles. The summed E-state index contributed by atoms with van der Waals surface area (Å²) in [5.41, 5.74) is 2.52. The standard InChI is InChI=1S/C22H34N4O3/c1-4-28-22(27)26-13-11-25(12-14-26)21(23-3)24-16-19-6-5-15-29-20(19)18-9-7-17(2)8-10-18/h7-10,19-20H,4-6,11-16H2,1-3H3,(H,23,24). The van der Waals surface area contributed by atoms with Crippen molar-refractivity contribution in [1.82, 2.24) is 15.1 Å². The van der Waals surface area contributed by atoms with Crippen molar-refractivity contribution in [2.75, 3.05) is 53.0 Å². The molecular formula is C22H34N4O3. The molecule has 0 aromatic heterocycles. The van der Waals surface area contributed by atoms with Crippen LogP contribution in [0.3, 0.4) is 0 Å². The van der Waals surface area contributed by atoms with Crippen molar-refractivity contribution >= 4 is 12.1 Å². The van der Waals surface area contributed by atoms with Crippen LogP contribution in [0.5, 0.6) is 0 Å². The van der Waals surface area contributed by atoms with Crippen LogP contribution in [0.2, 0.25) is 0 Å². The minimum absolute atomic E-state index is 0.121. The summed E-state index contributed by atoms with van der Waals surface area (Å²) < 4.78 is 11.2. The lowest BCUT2D eigenvalue weighted by Gasteiger charge is -2.37. The smallest absolute Gasteiger partial charge is 0.409 e. The fourth-order valence-corrected chi connectivity index (χ4v) is 4.05. The summed E-state index contributed by atoms with van der Waals surface area (Å²) in [5.74, 6) is 1.30. The molecule has 0 bridgehead atoms. The van der Waals surface area contributed by atoms with Gasteiger partial charge in [-0.05, 0) is 32.3 Å². The predicted octanol–water partition coefficient (Wildman–Crippen LogP) is 2.81. The van der Waals surface area contributed by atoms with E-state index in [2.05, 4.69) is 46.4 Å². The van der Waals surface area contributed by atoms with E-state index in [1.54, 1.807) is 4.90 Å². The van der Waals surface area contributed by atoms with Gasteiger partial charge in [-0.2, -0.15) is 0 Å². The fraction of sp³-hybridized carbons (Fsp3) is 0.636. The first-order chi connectivity index (χ1) is 14.1. The van der Waals surface area contributed by atoms with E-state index in [1.165, 1.54) is 11.1 Å². The molecule has 0 aliphatic carbocycles. The first-order valence-corrected chi connectivity index (χ1v) is 10.7. The first kappa shape index (κ1) is 21.4. The highest BCUT2D eigenvalue weighted by Gasteiger charge is 2.29. The van der Waals surface area contributed by atoms with E-state index in [0.29, 0.717) is 25.6 Å². The number of aliphatic imine (C=N–C) groups is 1. The number of benzene rings is 1. The van der Waals surface area contributed by atoms with Crippen molar-refractivity contribution < 1.29 is 14.3 Å². The number of ether oxygens (including phenoxy) is 2. The number of carbonyl (C=O) groups excluding carboxylic acids is 1. The molecule has 1 aromatic carbocycles. The Morgan fingerprint density at radius 1 is 1.21 bits per heavy atom. The van der Waals surface area contributed by atoms with Crippen molar-refractivity contribution in [2.24, 2.45) is 10.9 Å². The average molecular weight is 403 g/mol. The Kier molecular flexibility index (Phi) is 7.75. The van der Waals surface area contributed by atoms with Crippen molar-refractivity contribution in [3.05, 3.63) is 35.4 Å². The lowest BCUT2D eigenvalue weighted by molar-refractivity contribution is -0.0267. The lowest BCUT2D eigenvalue weighted by Crippen LogP contribution is -2.54. The molecule has 2 atom stereocenters. The zero-order valence-electron chi connectivity index (χ0n) is 17.9. The summed E-state index contributed by atoms with van der Waals surface area (Å²) in [6.07, 6.45) is 2.12. The topological polar surface area (TPSA) is 66.4 Å². The number of nitrogens with one attached hydrogen (secondary N) is 1. The second kappa shape index (κ2) is 10.5. The number of hydrogen-bond acceptors (Lipinski definition) is 4. The van der Waals surface area contributed by atoms with Gasteiger partial charge in [0.1, 0.15) is 0 Å². The van der Waals surface area contributed by atoms with Gasteiger partial charge in [-0.25, -0.2) is 4.79 Å². The molecule has 2 aliphatic rings. The van der Waals surface area contributed by atoms with Crippen LogP contribution in [-0.2, 0) is 9.47 Å². The van der Waals surface area contributed by atoms with Gasteiger partial charge in [-0.3, -0.25) is 4.99 Å². The Hall–Kier alpha value is -2.28. The molecule has 3 rings (SSSR count). The molecule has 1 N–H and O–H groups in total. The third kappa shape index (κ3) is 5.63. The van der Waals surface area contributed by atoms with Gasteiger partial charge in [0.2, 0.25) is 0 Å². The summed E-state index contributed by atoms with van der Waals surface area (Å²) in [6.45, 7) is 8.80. The summed E-state index contributed by atoms with van der Waals surface area (Å²) in [4.78, 5) is 20.3. The third-order valence-corrected chi connectivity index (χ3v) is 5.69. The number of hydrogen-bond donors (Lipinski definition) is 1. The number of amides is 1. The van der Waals surface area contributed by atoms with Crippen LogP contribution < -0.4 is 5.32 Å². The monoisotopic (exact) mass is 402 g/mol. The highest BCUT2D eigenvalue weighted by molar-refractivity contribution is 5.80. The maximum absolute atomic E-state index is 11.9. The fourth-order valence-electron chi connectivity index (χ4n) is 4.05. The summed E-state index contributed by atoms with van der Waals surface area (Å²) in [5, 5.41) is 3.55. The van der Waals surface area contributed by atoms with Crippen molar-refractivity contribution in [2.45, 2.75) is 32.8 Å². The van der Waals surface area contributed by atoms with E-state index in [9.17, 15) is 4.79 Å². The molecule has 0 saturated carbocycles. The number of nitrogens with zero attached hydrogens (tertiary/aromatic N) is 3. The number of rotatable bonds is 4. The van der Waals surface area contributed by atoms with Crippen molar-refractivity contribution in [3.8, 4) is 0 Å². The molecule has 0 radical (unpaired) electrons. The molecular weight excluding hydrogens is 368 g/mol. The van der Waals surface area contributed by atoms with Crippen molar-refractivity contribution in [1.29, 1.82) is 0 Å². The van der Waals surface area contributed by atoms with Gasteiger partial charge in [0, 0.05) is 52.3 Å². The van der Waals surface area contributed by atoms with Gasteiger partial charge < -0.3 is 24.6 Å². The molecule has 7 heteroatoms. The molecule has 0 spiro atoms. The quantitative estimate of drug-likeness (QED) is 0.620. The SMILES string of the molecule is CCOC(=O)N1CCN(C(=NC)NCC2CCCOC2c2ccc(C)cc2)CC1. The Morgan fingerprint density at radius 2 is 1.90 bits per heavy atom. The summed E-state index contributed by atoms with van der Waals surface area (Å²) in [6, 6.07) is 8.67. The van der Waals surface area contributed by atoms with Gasteiger partial charge in [0.05, 0.1) is 12.7 Å².